The number of anilines is 2. The second-order valence-electron chi connectivity index (χ2n) is 9.73. The molecule has 1 fully saturated rings. The number of benzene rings is 2. The van der Waals surface area contributed by atoms with Crippen molar-refractivity contribution in [3.8, 4) is 0 Å². The van der Waals surface area contributed by atoms with E-state index in [1.54, 1.807) is 6.20 Å². The van der Waals surface area contributed by atoms with Crippen LogP contribution in [0.15, 0.2) is 63.6 Å². The summed E-state index contributed by atoms with van der Waals surface area (Å²) in [6.07, 6.45) is 3.70. The van der Waals surface area contributed by atoms with Gasteiger partial charge in [0.15, 0.2) is 5.58 Å². The Bertz CT molecular complexity index is 1410. The van der Waals surface area contributed by atoms with E-state index in [9.17, 15) is 9.59 Å². The highest BCUT2D eigenvalue weighted by Crippen LogP contribution is 2.30. The third-order valence-electron chi connectivity index (χ3n) is 7.06. The first-order valence-electron chi connectivity index (χ1n) is 13.0. The molecule has 0 unspecified atom stereocenters. The Labute approximate surface area is 221 Å². The number of para-hydroxylation sites is 1. The summed E-state index contributed by atoms with van der Waals surface area (Å²) in [5, 5.41) is 12.2. The summed E-state index contributed by atoms with van der Waals surface area (Å²) in [6, 6.07) is 13.7. The standard InChI is InChI=1S/C29H32N4O5/c1-3-37-24-12-13-33(28(24)23-14-20(17-30-23)9-11-27(35)36)26(34)16-19-8-10-22-25(15-19)38-29(32-22)31-21-7-5-4-6-18(21)2/h4-8,10,15,17,24,28H,3,9,11-14,16H2,1-2H3,(H,31,32)(H,35,36)/t24-,28+/m0/s1. The van der Waals surface area contributed by atoms with E-state index in [1.807, 2.05) is 61.2 Å². The number of nitrogens with zero attached hydrogens (tertiary/aromatic N) is 3. The zero-order chi connectivity index (χ0) is 26.6. The van der Waals surface area contributed by atoms with Crippen LogP contribution in [-0.4, -0.2) is 57.9 Å². The lowest BCUT2D eigenvalue weighted by atomic mass is 9.98. The molecule has 198 valence electrons. The Balaban J connectivity index is 1.28. The van der Waals surface area contributed by atoms with Crippen LogP contribution in [0.3, 0.4) is 0 Å². The minimum atomic E-state index is -0.828. The first-order chi connectivity index (χ1) is 18.4. The molecule has 1 aromatic heterocycles. The van der Waals surface area contributed by atoms with Crippen LogP contribution in [0.1, 0.15) is 43.7 Å². The molecule has 2 aliphatic heterocycles. The van der Waals surface area contributed by atoms with Crippen molar-refractivity contribution in [3.63, 3.8) is 0 Å². The number of carbonyl (C=O) groups is 2. The number of carboxylic acids is 1. The molecule has 9 nitrogen and oxygen atoms in total. The normalized spacial score (nSPS) is 19.1. The molecule has 2 aliphatic rings. The summed E-state index contributed by atoms with van der Waals surface area (Å²) in [5.74, 6) is -0.831. The molecule has 3 heterocycles. The van der Waals surface area contributed by atoms with E-state index in [1.165, 1.54) is 0 Å². The fraction of sp³-hybridized carbons (Fsp3) is 0.379. The third kappa shape index (κ3) is 5.62. The van der Waals surface area contributed by atoms with Gasteiger partial charge in [-0.2, -0.15) is 4.98 Å². The lowest BCUT2D eigenvalue weighted by Gasteiger charge is -2.28. The summed E-state index contributed by atoms with van der Waals surface area (Å²) < 4.78 is 11.9. The van der Waals surface area contributed by atoms with E-state index in [0.717, 1.165) is 34.5 Å². The maximum Gasteiger partial charge on any atom is 0.303 e. The summed E-state index contributed by atoms with van der Waals surface area (Å²) in [4.78, 5) is 35.5. The topological polar surface area (TPSA) is 117 Å². The summed E-state index contributed by atoms with van der Waals surface area (Å²) in [6.45, 7) is 5.10. The number of oxazole rings is 1. The van der Waals surface area contributed by atoms with Crippen molar-refractivity contribution in [2.75, 3.05) is 18.5 Å². The molecule has 2 aromatic carbocycles. The van der Waals surface area contributed by atoms with Crippen LogP contribution in [0.25, 0.3) is 11.1 Å². The Morgan fingerprint density at radius 2 is 2.08 bits per heavy atom. The molecule has 0 spiro atoms. The smallest absolute Gasteiger partial charge is 0.303 e. The van der Waals surface area contributed by atoms with Crippen molar-refractivity contribution in [3.05, 3.63) is 65.4 Å². The Morgan fingerprint density at radius 1 is 1.24 bits per heavy atom. The van der Waals surface area contributed by atoms with E-state index in [2.05, 4.69) is 15.3 Å². The number of rotatable bonds is 10. The van der Waals surface area contributed by atoms with Crippen LogP contribution in [0.4, 0.5) is 11.7 Å². The summed E-state index contributed by atoms with van der Waals surface area (Å²) in [7, 11) is 0. The van der Waals surface area contributed by atoms with Gasteiger partial charge in [0.1, 0.15) is 5.52 Å². The molecule has 38 heavy (non-hydrogen) atoms. The van der Waals surface area contributed by atoms with Gasteiger partial charge in [-0.1, -0.05) is 24.3 Å². The van der Waals surface area contributed by atoms with Crippen LogP contribution in [0, 0.1) is 6.92 Å². The van der Waals surface area contributed by atoms with E-state index in [4.69, 9.17) is 14.3 Å². The number of nitrogens with one attached hydrogen (secondary N) is 1. The van der Waals surface area contributed by atoms with E-state index in [0.29, 0.717) is 43.1 Å². The highest BCUT2D eigenvalue weighted by Gasteiger charge is 2.41. The average molecular weight is 517 g/mol. The maximum absolute atomic E-state index is 13.5. The lowest BCUT2D eigenvalue weighted by Crippen LogP contribution is -2.46. The van der Waals surface area contributed by atoms with E-state index < -0.39 is 5.97 Å². The Morgan fingerprint density at radius 3 is 2.87 bits per heavy atom. The van der Waals surface area contributed by atoms with Gasteiger partial charge in [-0.05, 0) is 61.6 Å². The molecule has 2 atom stereocenters. The second-order valence-corrected chi connectivity index (χ2v) is 9.73. The van der Waals surface area contributed by atoms with Gasteiger partial charge in [-0.3, -0.25) is 14.6 Å². The number of allylic oxidation sites excluding steroid dienone is 1. The van der Waals surface area contributed by atoms with Crippen molar-refractivity contribution in [1.82, 2.24) is 9.88 Å². The van der Waals surface area contributed by atoms with Gasteiger partial charge in [0.25, 0.3) is 6.01 Å². The average Bonchev–Trinajstić information content (AvgIpc) is 3.62. The van der Waals surface area contributed by atoms with Gasteiger partial charge in [0, 0.05) is 43.6 Å². The quantitative estimate of drug-likeness (QED) is 0.388. The monoisotopic (exact) mass is 516 g/mol. The number of aromatic nitrogens is 1. The number of aliphatic imine (C=N–C) groups is 1. The molecule has 5 rings (SSSR count). The zero-order valence-corrected chi connectivity index (χ0v) is 21.6. The molecule has 3 aromatic rings. The van der Waals surface area contributed by atoms with Crippen LogP contribution in [0.2, 0.25) is 0 Å². The maximum atomic E-state index is 13.5. The van der Waals surface area contributed by atoms with Crippen molar-refractivity contribution < 1.29 is 23.8 Å². The van der Waals surface area contributed by atoms with Crippen LogP contribution < -0.4 is 5.32 Å². The third-order valence-corrected chi connectivity index (χ3v) is 7.06. The van der Waals surface area contributed by atoms with Gasteiger partial charge in [-0.15, -0.1) is 0 Å². The SMILES string of the molecule is CCO[C@H]1CCN(C(=O)Cc2ccc3nc(Nc4ccccc4C)oc3c2)[C@@H]1C1=NC=C(CCC(=O)O)C1. The minimum Gasteiger partial charge on any atom is -0.481 e. The number of carbonyl (C=O) groups excluding carboxylic acids is 1. The van der Waals surface area contributed by atoms with Crippen molar-refractivity contribution in [1.29, 1.82) is 0 Å². The molecule has 9 heteroatoms. The number of aryl methyl sites for hydroxylation is 1. The fourth-order valence-electron chi connectivity index (χ4n) is 5.16. The highest BCUT2D eigenvalue weighted by molar-refractivity contribution is 5.98. The number of ether oxygens (including phenoxy) is 1. The van der Waals surface area contributed by atoms with Gasteiger partial charge in [-0.25, -0.2) is 0 Å². The van der Waals surface area contributed by atoms with Crippen molar-refractivity contribution in [2.24, 2.45) is 4.99 Å². The van der Waals surface area contributed by atoms with Crippen molar-refractivity contribution >= 4 is 40.4 Å². The number of amides is 1. The van der Waals surface area contributed by atoms with E-state index >= 15 is 0 Å². The van der Waals surface area contributed by atoms with Gasteiger partial charge < -0.3 is 24.5 Å². The number of carboxylic acid groups (broad SMARTS) is 1. The first-order valence-corrected chi connectivity index (χ1v) is 13.0. The van der Waals surface area contributed by atoms with Crippen LogP contribution >= 0.6 is 0 Å². The molecular formula is C29H32N4O5. The number of fused-ring (bicyclic) bond motifs is 1. The molecule has 0 bridgehead atoms. The molecular weight excluding hydrogens is 484 g/mol. The molecule has 2 N–H and O–H groups in total. The van der Waals surface area contributed by atoms with Crippen LogP contribution in [-0.2, 0) is 20.7 Å². The summed E-state index contributed by atoms with van der Waals surface area (Å²) >= 11 is 0. The minimum absolute atomic E-state index is 0.00369. The molecule has 0 saturated carbocycles. The number of hydrogen-bond acceptors (Lipinski definition) is 7. The molecule has 1 saturated heterocycles. The molecule has 0 radical (unpaired) electrons. The first kappa shape index (κ1) is 25.7. The predicted molar refractivity (Wildman–Crippen MR) is 145 cm³/mol. The number of aliphatic carboxylic acids is 1. The number of likely N-dealkylation sites (tertiary alicyclic amines) is 1. The van der Waals surface area contributed by atoms with Crippen LogP contribution in [0.5, 0.6) is 0 Å². The summed E-state index contributed by atoms with van der Waals surface area (Å²) in [5.41, 5.74) is 6.02. The molecule has 1 amide bonds. The predicted octanol–water partition coefficient (Wildman–Crippen LogP) is 5.02. The molecule has 0 aliphatic carbocycles. The largest absolute Gasteiger partial charge is 0.481 e. The van der Waals surface area contributed by atoms with Gasteiger partial charge in [0.05, 0.1) is 18.6 Å². The Hall–Kier alpha value is -3.98. The lowest BCUT2D eigenvalue weighted by molar-refractivity contribution is -0.137. The van der Waals surface area contributed by atoms with Crippen molar-refractivity contribution in [2.45, 2.75) is 58.1 Å². The Kier molecular flexibility index (Phi) is 7.55. The number of hydrogen-bond donors (Lipinski definition) is 2. The highest BCUT2D eigenvalue weighted by atomic mass is 16.5. The van der Waals surface area contributed by atoms with E-state index in [-0.39, 0.29) is 30.9 Å². The van der Waals surface area contributed by atoms with Gasteiger partial charge >= 0.3 is 5.97 Å². The van der Waals surface area contributed by atoms with Gasteiger partial charge in [0.2, 0.25) is 5.91 Å². The second kappa shape index (κ2) is 11.2. The fourth-order valence-corrected chi connectivity index (χ4v) is 5.16. The zero-order valence-electron chi connectivity index (χ0n) is 21.6.